The molecule has 4 N–H and O–H groups in total. The zero-order chi connectivity index (χ0) is 47.5. The van der Waals surface area contributed by atoms with Crippen molar-refractivity contribution in [2.24, 2.45) is 0 Å². The van der Waals surface area contributed by atoms with Crippen LogP contribution in [0.4, 0.5) is 0 Å². The van der Waals surface area contributed by atoms with Crippen molar-refractivity contribution in [2.75, 3.05) is 26.4 Å². The topological polar surface area (TPSA) is 178 Å². The molecule has 0 bridgehead atoms. The number of carbonyl (C=O) groups excluding carboxylic acids is 1. The van der Waals surface area contributed by atoms with Gasteiger partial charge in [-0.2, -0.15) is 8.42 Å². The number of rotatable bonds is 49. The van der Waals surface area contributed by atoms with Crippen molar-refractivity contribution in [2.45, 2.75) is 301 Å². The fraction of sp³-hybridized carbons (Fsp3) is 0.981. The van der Waals surface area contributed by atoms with E-state index < -0.39 is 53.8 Å². The van der Waals surface area contributed by atoms with Gasteiger partial charge in [0, 0.05) is 13.0 Å². The Balaban J connectivity index is 2.31. The molecule has 1 aliphatic heterocycles. The van der Waals surface area contributed by atoms with Gasteiger partial charge < -0.3 is 34.3 Å². The number of ether oxygens (including phenoxy) is 4. The van der Waals surface area contributed by atoms with Gasteiger partial charge in [0.05, 0.1) is 19.8 Å². The van der Waals surface area contributed by atoms with E-state index in [0.717, 1.165) is 38.5 Å². The van der Waals surface area contributed by atoms with Crippen molar-refractivity contribution < 1.29 is 56.2 Å². The molecule has 65 heavy (non-hydrogen) atoms. The van der Waals surface area contributed by atoms with Crippen molar-refractivity contribution in [3.05, 3.63) is 0 Å². The maximum atomic E-state index is 12.9. The number of aliphatic hydroxyl groups excluding tert-OH is 3. The molecule has 0 aromatic rings. The Hall–Kier alpha value is -0.900. The minimum absolute atomic E-state index is 0.0454. The molecule has 1 fully saturated rings. The Labute approximate surface area is 398 Å². The molecule has 1 heterocycles. The summed E-state index contributed by atoms with van der Waals surface area (Å²) < 4.78 is 59.3. The van der Waals surface area contributed by atoms with E-state index in [1.54, 1.807) is 0 Å². The molecule has 12 nitrogen and oxygen atoms in total. The molecule has 0 amide bonds. The number of hydrogen-bond donors (Lipinski definition) is 4. The highest BCUT2D eigenvalue weighted by Gasteiger charge is 2.48. The second-order valence-electron chi connectivity index (χ2n) is 19.2. The Bertz CT molecular complexity index is 1140. The molecule has 13 heteroatoms. The van der Waals surface area contributed by atoms with Gasteiger partial charge >= 0.3 is 16.4 Å². The maximum Gasteiger partial charge on any atom is 0.397 e. The van der Waals surface area contributed by atoms with Crippen molar-refractivity contribution in [3.8, 4) is 0 Å². The van der Waals surface area contributed by atoms with Crippen molar-refractivity contribution in [1.82, 2.24) is 0 Å². The minimum Gasteiger partial charge on any atom is -0.457 e. The molecule has 1 saturated heterocycles. The van der Waals surface area contributed by atoms with Gasteiger partial charge in [-0.25, -0.2) is 4.18 Å². The fourth-order valence-corrected chi connectivity index (χ4v) is 9.36. The quantitative estimate of drug-likeness (QED) is 0.0258. The summed E-state index contributed by atoms with van der Waals surface area (Å²) in [7, 11) is -5.06. The Kier molecular flexibility index (Phi) is 42.4. The molecular formula is C52H102O12S. The summed E-state index contributed by atoms with van der Waals surface area (Å²) in [6.45, 7) is 4.07. The van der Waals surface area contributed by atoms with Gasteiger partial charge in [-0.05, 0) is 12.8 Å². The van der Waals surface area contributed by atoms with Gasteiger partial charge in [0.1, 0.15) is 30.5 Å². The highest BCUT2D eigenvalue weighted by Crippen LogP contribution is 2.26. The lowest BCUT2D eigenvalue weighted by molar-refractivity contribution is -0.301. The molecule has 0 spiro atoms. The first-order chi connectivity index (χ1) is 31.6. The van der Waals surface area contributed by atoms with Crippen molar-refractivity contribution in [1.29, 1.82) is 0 Å². The molecular weight excluding hydrogens is 849 g/mol. The van der Waals surface area contributed by atoms with Crippen LogP contribution in [0, 0.1) is 0 Å². The van der Waals surface area contributed by atoms with Gasteiger partial charge in [-0.3, -0.25) is 9.35 Å². The average Bonchev–Trinajstić information content (AvgIpc) is 3.28. The van der Waals surface area contributed by atoms with E-state index in [2.05, 4.69) is 18.0 Å². The van der Waals surface area contributed by atoms with Crippen LogP contribution >= 0.6 is 0 Å². The molecule has 0 saturated carbocycles. The smallest absolute Gasteiger partial charge is 0.397 e. The van der Waals surface area contributed by atoms with Crippen LogP contribution in [0.5, 0.6) is 0 Å². The lowest BCUT2D eigenvalue weighted by atomic mass is 9.99. The van der Waals surface area contributed by atoms with E-state index in [1.165, 1.54) is 199 Å². The van der Waals surface area contributed by atoms with E-state index in [0.29, 0.717) is 13.0 Å². The predicted molar refractivity (Wildman–Crippen MR) is 262 cm³/mol. The van der Waals surface area contributed by atoms with E-state index in [-0.39, 0.29) is 25.6 Å². The molecule has 1 rings (SSSR count). The third kappa shape index (κ3) is 37.6. The summed E-state index contributed by atoms with van der Waals surface area (Å²) >= 11 is 0. The summed E-state index contributed by atoms with van der Waals surface area (Å²) in [6, 6.07) is 0. The van der Waals surface area contributed by atoms with Gasteiger partial charge in [0.25, 0.3) is 0 Å². The Morgan fingerprint density at radius 2 is 0.877 bits per heavy atom. The molecule has 0 aromatic heterocycles. The van der Waals surface area contributed by atoms with Gasteiger partial charge in [0.15, 0.2) is 6.29 Å². The molecule has 0 aromatic carbocycles. The lowest BCUT2D eigenvalue weighted by Gasteiger charge is -2.41. The molecule has 0 aliphatic carbocycles. The summed E-state index contributed by atoms with van der Waals surface area (Å²) in [4.78, 5) is 12.9. The van der Waals surface area contributed by atoms with E-state index in [9.17, 15) is 33.1 Å². The number of carbonyl (C=O) groups is 1. The van der Waals surface area contributed by atoms with Crippen LogP contribution < -0.4 is 0 Å². The Morgan fingerprint density at radius 3 is 1.23 bits per heavy atom. The van der Waals surface area contributed by atoms with Crippen molar-refractivity contribution >= 4 is 16.4 Å². The van der Waals surface area contributed by atoms with E-state index >= 15 is 0 Å². The van der Waals surface area contributed by atoms with Crippen molar-refractivity contribution in [3.63, 3.8) is 0 Å². The third-order valence-corrected chi connectivity index (χ3v) is 13.4. The molecule has 6 unspecified atom stereocenters. The van der Waals surface area contributed by atoms with Crippen LogP contribution in [-0.2, 0) is 38.3 Å². The highest BCUT2D eigenvalue weighted by atomic mass is 32.3. The summed E-state index contributed by atoms with van der Waals surface area (Å²) in [5, 5.41) is 30.8. The third-order valence-electron chi connectivity index (χ3n) is 13.0. The first-order valence-electron chi connectivity index (χ1n) is 27.3. The zero-order valence-corrected chi connectivity index (χ0v) is 42.6. The largest absolute Gasteiger partial charge is 0.457 e. The summed E-state index contributed by atoms with van der Waals surface area (Å²) in [6.07, 6.45) is 39.9. The van der Waals surface area contributed by atoms with Crippen LogP contribution in [0.3, 0.4) is 0 Å². The van der Waals surface area contributed by atoms with Crippen LogP contribution in [0.1, 0.15) is 264 Å². The summed E-state index contributed by atoms with van der Waals surface area (Å²) in [5.74, 6) is -0.390. The monoisotopic (exact) mass is 951 g/mol. The number of aliphatic hydroxyl groups is 3. The average molecular weight is 951 g/mol. The minimum atomic E-state index is -5.06. The Morgan fingerprint density at radius 1 is 0.523 bits per heavy atom. The zero-order valence-electron chi connectivity index (χ0n) is 41.8. The van der Waals surface area contributed by atoms with Gasteiger partial charge in [-0.1, -0.05) is 245 Å². The molecule has 1 aliphatic rings. The van der Waals surface area contributed by atoms with Crippen LogP contribution in [0.2, 0.25) is 0 Å². The van der Waals surface area contributed by atoms with Crippen LogP contribution in [0.15, 0.2) is 0 Å². The predicted octanol–water partition coefficient (Wildman–Crippen LogP) is 12.8. The van der Waals surface area contributed by atoms with Crippen LogP contribution in [-0.4, -0.2) is 97.5 Å². The first kappa shape index (κ1) is 62.1. The standard InChI is InChI=1S/C52H102O12S/c1-3-5-7-9-11-13-15-17-19-21-23-25-27-29-31-33-35-37-39-41-48(54)62-46(45-61-52-50(56)51(64-65(57,58)59)49(55)47(43-53)63-52)44-60-42-40-38-36-34-32-30-28-26-24-22-20-18-16-14-12-10-8-6-4-2/h46-47,49-53,55-56H,3-45H2,1-2H3,(H,57,58,59). The molecule has 388 valence electrons. The number of esters is 1. The second kappa shape index (κ2) is 44.3. The molecule has 6 atom stereocenters. The van der Waals surface area contributed by atoms with Gasteiger partial charge in [0.2, 0.25) is 0 Å². The normalized spacial score (nSPS) is 19.5. The SMILES string of the molecule is CCCCCCCCCCCCCCCCCCCCCOCC(COC1OC(CO)C(O)C(OS(=O)(=O)O)C1O)OC(=O)CCCCCCCCCCCCCCCCCCCCC. The van der Waals surface area contributed by atoms with E-state index in [4.69, 9.17) is 18.9 Å². The second-order valence-corrected chi connectivity index (χ2v) is 20.2. The van der Waals surface area contributed by atoms with Crippen LogP contribution in [0.25, 0.3) is 0 Å². The first-order valence-corrected chi connectivity index (χ1v) is 28.7. The lowest BCUT2D eigenvalue weighted by Crippen LogP contribution is -2.60. The number of unbranched alkanes of at least 4 members (excludes halogenated alkanes) is 36. The maximum absolute atomic E-state index is 12.9. The summed E-state index contributed by atoms with van der Waals surface area (Å²) in [5.41, 5.74) is 0. The highest BCUT2D eigenvalue weighted by molar-refractivity contribution is 7.80. The molecule has 0 radical (unpaired) electrons. The van der Waals surface area contributed by atoms with Gasteiger partial charge in [-0.15, -0.1) is 0 Å². The fourth-order valence-electron chi connectivity index (χ4n) is 8.85. The van der Waals surface area contributed by atoms with E-state index in [1.807, 2.05) is 0 Å². The number of hydrogen-bond acceptors (Lipinski definition) is 11.